The Morgan fingerprint density at radius 2 is 1.82 bits per heavy atom. The Bertz CT molecular complexity index is 903. The largest absolute Gasteiger partial charge is 0.481 e. The second-order valence-corrected chi connectivity index (χ2v) is 7.30. The molecule has 0 fully saturated rings. The van der Waals surface area contributed by atoms with E-state index in [4.69, 9.17) is 4.74 Å². The molecule has 1 aromatic heterocycles. The molecule has 0 saturated carbocycles. The number of ether oxygens (including phenoxy) is 1. The lowest BCUT2D eigenvalue weighted by molar-refractivity contribution is -0.146. The first-order valence-corrected chi connectivity index (χ1v) is 9.93. The highest BCUT2D eigenvalue weighted by atomic mass is 32.1. The molecule has 0 spiro atoms. The fourth-order valence-corrected chi connectivity index (χ4v) is 4.23. The Morgan fingerprint density at radius 3 is 2.46 bits per heavy atom. The summed E-state index contributed by atoms with van der Waals surface area (Å²) in [6.07, 6.45) is 4.28. The van der Waals surface area contributed by atoms with Gasteiger partial charge in [0.1, 0.15) is 10.6 Å². The maximum atomic E-state index is 12.8. The zero-order valence-electron chi connectivity index (χ0n) is 15.4. The zero-order valence-corrected chi connectivity index (χ0v) is 16.2. The Hall–Kier alpha value is -2.93. The summed E-state index contributed by atoms with van der Waals surface area (Å²) in [5.41, 5.74) is 1.81. The molecule has 6 nitrogen and oxygen atoms in total. The van der Waals surface area contributed by atoms with Gasteiger partial charge in [0.15, 0.2) is 0 Å². The van der Waals surface area contributed by atoms with E-state index in [1.807, 2.05) is 36.4 Å². The van der Waals surface area contributed by atoms with Gasteiger partial charge >= 0.3 is 11.9 Å². The summed E-state index contributed by atoms with van der Waals surface area (Å²) < 4.78 is 5.19. The number of amides is 1. The third-order valence-electron chi connectivity index (χ3n) is 4.68. The number of esters is 1. The number of thiophene rings is 1. The highest BCUT2D eigenvalue weighted by Crippen LogP contribution is 2.37. The van der Waals surface area contributed by atoms with Gasteiger partial charge < -0.3 is 15.2 Å². The quantitative estimate of drug-likeness (QED) is 0.561. The molecule has 2 N–H and O–H groups in total. The van der Waals surface area contributed by atoms with Crippen LogP contribution in [-0.4, -0.2) is 29.6 Å². The van der Waals surface area contributed by atoms with Gasteiger partial charge in [-0.25, -0.2) is 4.79 Å². The number of rotatable bonds is 6. The van der Waals surface area contributed by atoms with E-state index < -0.39 is 29.7 Å². The van der Waals surface area contributed by atoms with Gasteiger partial charge in [0, 0.05) is 10.9 Å². The molecule has 1 aliphatic carbocycles. The molecule has 2 aromatic rings. The van der Waals surface area contributed by atoms with Crippen LogP contribution < -0.4 is 5.32 Å². The molecule has 1 amide bonds. The average molecular weight is 399 g/mol. The number of anilines is 1. The topological polar surface area (TPSA) is 92.7 Å². The van der Waals surface area contributed by atoms with Crippen molar-refractivity contribution in [1.82, 2.24) is 0 Å². The minimum absolute atomic E-state index is 0.213. The van der Waals surface area contributed by atoms with Gasteiger partial charge in [0.05, 0.1) is 18.4 Å². The first-order valence-electron chi connectivity index (χ1n) is 9.05. The first-order chi connectivity index (χ1) is 13.5. The highest BCUT2D eigenvalue weighted by molar-refractivity contribution is 7.15. The van der Waals surface area contributed by atoms with Crippen molar-refractivity contribution < 1.29 is 24.2 Å². The summed E-state index contributed by atoms with van der Waals surface area (Å²) >= 11 is 1.23. The second kappa shape index (κ2) is 8.84. The van der Waals surface area contributed by atoms with Crippen molar-refractivity contribution in [3.8, 4) is 11.1 Å². The Balaban J connectivity index is 1.92. The Kier molecular flexibility index (Phi) is 6.26. The summed E-state index contributed by atoms with van der Waals surface area (Å²) in [5.74, 6) is -3.37. The average Bonchev–Trinajstić information content (AvgIpc) is 3.12. The number of carboxylic acids is 1. The van der Waals surface area contributed by atoms with Crippen LogP contribution in [0, 0.1) is 11.8 Å². The van der Waals surface area contributed by atoms with E-state index in [2.05, 4.69) is 5.32 Å². The molecule has 0 radical (unpaired) electrons. The van der Waals surface area contributed by atoms with Gasteiger partial charge in [-0.05, 0) is 25.3 Å². The third kappa shape index (κ3) is 4.14. The normalized spacial score (nSPS) is 18.5. The maximum Gasteiger partial charge on any atom is 0.341 e. The van der Waals surface area contributed by atoms with Crippen LogP contribution in [0.3, 0.4) is 0 Å². The van der Waals surface area contributed by atoms with Crippen molar-refractivity contribution in [2.45, 2.75) is 19.8 Å². The number of carboxylic acid groups (broad SMARTS) is 1. The van der Waals surface area contributed by atoms with Crippen LogP contribution in [0.1, 0.15) is 30.1 Å². The zero-order chi connectivity index (χ0) is 20.1. The molecule has 1 heterocycles. The van der Waals surface area contributed by atoms with Gasteiger partial charge in [-0.15, -0.1) is 11.3 Å². The van der Waals surface area contributed by atoms with Gasteiger partial charge in [0.2, 0.25) is 5.91 Å². The van der Waals surface area contributed by atoms with E-state index in [9.17, 15) is 19.5 Å². The Labute approximate surface area is 166 Å². The van der Waals surface area contributed by atoms with Crippen LogP contribution in [0.15, 0.2) is 47.9 Å². The number of carbonyl (C=O) groups excluding carboxylic acids is 2. The fourth-order valence-electron chi connectivity index (χ4n) is 3.27. The standard InChI is InChI=1S/C21H21NO5S/c1-2-27-21(26)17-16(13-8-4-3-5-9-13)12-28-19(17)22-18(23)14-10-6-7-11-15(14)20(24)25/h3-9,12,14-15H,2,10-11H2,1H3,(H,22,23)(H,24,25)/t14-,15+/m0/s1. The molecule has 1 aliphatic rings. The van der Waals surface area contributed by atoms with Crippen LogP contribution in [-0.2, 0) is 14.3 Å². The van der Waals surface area contributed by atoms with E-state index >= 15 is 0 Å². The summed E-state index contributed by atoms with van der Waals surface area (Å²) in [7, 11) is 0. The first kappa shape index (κ1) is 19.8. The number of hydrogen-bond donors (Lipinski definition) is 2. The summed E-state index contributed by atoms with van der Waals surface area (Å²) in [4.78, 5) is 36.9. The predicted molar refractivity (Wildman–Crippen MR) is 107 cm³/mol. The molecule has 7 heteroatoms. The number of allylic oxidation sites excluding steroid dienone is 2. The van der Waals surface area contributed by atoms with Crippen LogP contribution in [0.5, 0.6) is 0 Å². The number of aliphatic carboxylic acids is 1. The third-order valence-corrected chi connectivity index (χ3v) is 5.57. The molecule has 0 unspecified atom stereocenters. The highest BCUT2D eigenvalue weighted by Gasteiger charge is 2.35. The molecular weight excluding hydrogens is 378 g/mol. The van der Waals surface area contributed by atoms with Gasteiger partial charge in [-0.1, -0.05) is 42.5 Å². The molecule has 2 atom stereocenters. The van der Waals surface area contributed by atoms with E-state index in [0.717, 1.165) is 5.56 Å². The van der Waals surface area contributed by atoms with Crippen molar-refractivity contribution in [2.24, 2.45) is 11.8 Å². The minimum atomic E-state index is -0.994. The monoisotopic (exact) mass is 399 g/mol. The summed E-state index contributed by atoms with van der Waals surface area (Å²) in [6.45, 7) is 1.93. The van der Waals surface area contributed by atoms with E-state index in [-0.39, 0.29) is 6.61 Å². The maximum absolute atomic E-state index is 12.8. The predicted octanol–water partition coefficient (Wildman–Crippen LogP) is 4.20. The van der Waals surface area contributed by atoms with E-state index in [1.54, 1.807) is 18.4 Å². The SMILES string of the molecule is CCOC(=O)c1c(-c2ccccc2)csc1NC(=O)[C@H]1CC=CC[C@H]1C(=O)O. The minimum Gasteiger partial charge on any atom is -0.481 e. The van der Waals surface area contributed by atoms with Gasteiger partial charge in [-0.3, -0.25) is 9.59 Å². The molecular formula is C21H21NO5S. The summed E-state index contributed by atoms with van der Waals surface area (Å²) in [5, 5.41) is 14.4. The van der Waals surface area contributed by atoms with Crippen molar-refractivity contribution in [3.05, 3.63) is 53.4 Å². The number of nitrogens with one attached hydrogen (secondary N) is 1. The molecule has 146 valence electrons. The van der Waals surface area contributed by atoms with Crippen molar-refractivity contribution >= 4 is 34.2 Å². The lowest BCUT2D eigenvalue weighted by Crippen LogP contribution is -2.34. The van der Waals surface area contributed by atoms with Crippen LogP contribution in [0.4, 0.5) is 5.00 Å². The molecule has 0 aliphatic heterocycles. The van der Waals surface area contributed by atoms with Gasteiger partial charge in [0.25, 0.3) is 0 Å². The van der Waals surface area contributed by atoms with Crippen molar-refractivity contribution in [3.63, 3.8) is 0 Å². The molecule has 3 rings (SSSR count). The molecule has 0 saturated heterocycles. The van der Waals surface area contributed by atoms with Crippen molar-refractivity contribution in [2.75, 3.05) is 11.9 Å². The van der Waals surface area contributed by atoms with Crippen molar-refractivity contribution in [1.29, 1.82) is 0 Å². The lowest BCUT2D eigenvalue weighted by atomic mass is 9.82. The number of carbonyl (C=O) groups is 3. The molecule has 0 bridgehead atoms. The van der Waals surface area contributed by atoms with Crippen LogP contribution in [0.2, 0.25) is 0 Å². The lowest BCUT2D eigenvalue weighted by Gasteiger charge is -2.24. The van der Waals surface area contributed by atoms with Crippen LogP contribution in [0.25, 0.3) is 11.1 Å². The van der Waals surface area contributed by atoms with E-state index in [1.165, 1.54) is 11.3 Å². The number of hydrogen-bond acceptors (Lipinski definition) is 5. The second-order valence-electron chi connectivity index (χ2n) is 6.42. The van der Waals surface area contributed by atoms with Gasteiger partial charge in [-0.2, -0.15) is 0 Å². The molecule has 28 heavy (non-hydrogen) atoms. The summed E-state index contributed by atoms with van der Waals surface area (Å²) in [6, 6.07) is 9.37. The molecule has 1 aromatic carbocycles. The Morgan fingerprint density at radius 1 is 1.14 bits per heavy atom. The smallest absolute Gasteiger partial charge is 0.341 e. The fraction of sp³-hybridized carbons (Fsp3) is 0.286. The van der Waals surface area contributed by atoms with E-state index in [0.29, 0.717) is 29.0 Å². The number of benzene rings is 1. The van der Waals surface area contributed by atoms with Crippen LogP contribution >= 0.6 is 11.3 Å².